The number of morpholine rings is 1. The second-order valence-corrected chi connectivity index (χ2v) is 10.4. The standard InChI is InChI=1S/C23H27N3O2S3.ClH/c1-3-30-18-6-4-17(5-7-18)22(27)26(11-10-25-12-14-28-15-13-25)23-24-20-9-8-19(29-2)16-21(20)31-23;/h4-9,16H,3,10-15H2,1-2H3;1H. The van der Waals surface area contributed by atoms with Crippen LogP contribution in [-0.2, 0) is 4.74 Å². The van der Waals surface area contributed by atoms with E-state index in [1.807, 2.05) is 35.2 Å². The minimum Gasteiger partial charge on any atom is -0.379 e. The molecule has 9 heteroatoms. The maximum atomic E-state index is 13.5. The van der Waals surface area contributed by atoms with E-state index in [2.05, 4.69) is 30.2 Å². The Morgan fingerprint density at radius 2 is 1.88 bits per heavy atom. The largest absolute Gasteiger partial charge is 0.379 e. The summed E-state index contributed by atoms with van der Waals surface area (Å²) >= 11 is 5.09. The summed E-state index contributed by atoms with van der Waals surface area (Å²) in [4.78, 5) is 24.9. The number of fused-ring (bicyclic) bond motifs is 1. The number of carbonyl (C=O) groups is 1. The van der Waals surface area contributed by atoms with E-state index in [1.54, 1.807) is 34.9 Å². The maximum absolute atomic E-state index is 13.5. The summed E-state index contributed by atoms with van der Waals surface area (Å²) in [7, 11) is 0. The van der Waals surface area contributed by atoms with E-state index >= 15 is 0 Å². The van der Waals surface area contributed by atoms with Crippen LogP contribution in [-0.4, -0.2) is 67.2 Å². The van der Waals surface area contributed by atoms with Gasteiger partial charge < -0.3 is 4.74 Å². The summed E-state index contributed by atoms with van der Waals surface area (Å²) < 4.78 is 6.58. The molecule has 1 aliphatic heterocycles. The molecular weight excluding hydrogens is 482 g/mol. The molecule has 0 atom stereocenters. The van der Waals surface area contributed by atoms with Crippen molar-refractivity contribution >= 4 is 68.5 Å². The van der Waals surface area contributed by atoms with Gasteiger partial charge in [0.2, 0.25) is 0 Å². The van der Waals surface area contributed by atoms with E-state index in [9.17, 15) is 4.79 Å². The molecule has 1 amide bonds. The predicted octanol–water partition coefficient (Wildman–Crippen LogP) is 5.53. The van der Waals surface area contributed by atoms with E-state index < -0.39 is 0 Å². The molecule has 1 fully saturated rings. The number of nitrogens with zero attached hydrogens (tertiary/aromatic N) is 3. The molecule has 5 nitrogen and oxygen atoms in total. The normalized spacial score (nSPS) is 14.3. The third-order valence-electron chi connectivity index (χ3n) is 5.22. The van der Waals surface area contributed by atoms with E-state index in [0.29, 0.717) is 12.1 Å². The number of aromatic nitrogens is 1. The summed E-state index contributed by atoms with van der Waals surface area (Å²) in [5, 5.41) is 0.763. The van der Waals surface area contributed by atoms with Gasteiger partial charge in [-0.05, 0) is 54.5 Å². The summed E-state index contributed by atoms with van der Waals surface area (Å²) in [6, 6.07) is 14.2. The Morgan fingerprint density at radius 1 is 1.16 bits per heavy atom. The molecule has 0 saturated carbocycles. The molecule has 0 aliphatic carbocycles. The van der Waals surface area contributed by atoms with Gasteiger partial charge in [-0.25, -0.2) is 4.98 Å². The van der Waals surface area contributed by atoms with Gasteiger partial charge in [0.25, 0.3) is 5.91 Å². The summed E-state index contributed by atoms with van der Waals surface area (Å²) in [5.41, 5.74) is 1.64. The van der Waals surface area contributed by atoms with Crippen LogP contribution in [0.2, 0.25) is 0 Å². The van der Waals surface area contributed by atoms with Crippen molar-refractivity contribution in [3.63, 3.8) is 0 Å². The van der Waals surface area contributed by atoms with Crippen molar-refractivity contribution in [2.24, 2.45) is 0 Å². The number of hydrogen-bond acceptors (Lipinski definition) is 7. The highest BCUT2D eigenvalue weighted by Gasteiger charge is 2.23. The van der Waals surface area contributed by atoms with E-state index in [4.69, 9.17) is 9.72 Å². The van der Waals surface area contributed by atoms with Gasteiger partial charge in [0.15, 0.2) is 5.13 Å². The fourth-order valence-corrected chi connectivity index (χ4v) is 5.71. The van der Waals surface area contributed by atoms with Crippen molar-refractivity contribution in [2.45, 2.75) is 16.7 Å². The van der Waals surface area contributed by atoms with Gasteiger partial charge in [0.05, 0.1) is 23.4 Å². The number of hydrogen-bond donors (Lipinski definition) is 0. The van der Waals surface area contributed by atoms with Crippen LogP contribution in [0.1, 0.15) is 17.3 Å². The molecule has 32 heavy (non-hydrogen) atoms. The van der Waals surface area contributed by atoms with Crippen molar-refractivity contribution in [1.29, 1.82) is 0 Å². The van der Waals surface area contributed by atoms with Gasteiger partial charge in [0, 0.05) is 41.5 Å². The first-order valence-electron chi connectivity index (χ1n) is 10.5. The van der Waals surface area contributed by atoms with Crippen molar-refractivity contribution < 1.29 is 9.53 Å². The summed E-state index contributed by atoms with van der Waals surface area (Å²) in [5.74, 6) is 1.02. The molecule has 0 spiro atoms. The number of thioether (sulfide) groups is 2. The Labute approximate surface area is 208 Å². The van der Waals surface area contributed by atoms with Gasteiger partial charge in [-0.1, -0.05) is 18.3 Å². The van der Waals surface area contributed by atoms with Crippen LogP contribution in [0.25, 0.3) is 10.2 Å². The lowest BCUT2D eigenvalue weighted by molar-refractivity contribution is 0.0391. The van der Waals surface area contributed by atoms with Crippen LogP contribution in [0.15, 0.2) is 52.3 Å². The smallest absolute Gasteiger partial charge is 0.260 e. The maximum Gasteiger partial charge on any atom is 0.260 e. The summed E-state index contributed by atoms with van der Waals surface area (Å²) in [6.07, 6.45) is 2.07. The number of benzene rings is 2. The highest BCUT2D eigenvalue weighted by Crippen LogP contribution is 2.32. The zero-order valence-electron chi connectivity index (χ0n) is 18.3. The Hall–Kier alpha value is -1.29. The third kappa shape index (κ3) is 6.18. The third-order valence-corrected chi connectivity index (χ3v) is 7.88. The first-order valence-corrected chi connectivity index (χ1v) is 13.5. The van der Waals surface area contributed by atoms with Crippen LogP contribution in [0.4, 0.5) is 5.13 Å². The Kier molecular flexibility index (Phi) is 9.70. The van der Waals surface area contributed by atoms with Gasteiger partial charge in [-0.2, -0.15) is 0 Å². The van der Waals surface area contributed by atoms with Gasteiger partial charge in [-0.15, -0.1) is 35.9 Å². The fourth-order valence-electron chi connectivity index (χ4n) is 3.50. The first kappa shape index (κ1) is 25.3. The van der Waals surface area contributed by atoms with E-state index in [0.717, 1.165) is 53.9 Å². The average molecular weight is 510 g/mol. The molecular formula is C23H28ClN3O2S3. The molecule has 2 heterocycles. The molecule has 0 unspecified atom stereocenters. The molecule has 0 radical (unpaired) electrons. The molecule has 2 aromatic carbocycles. The van der Waals surface area contributed by atoms with E-state index in [-0.39, 0.29) is 18.3 Å². The Balaban J connectivity index is 0.00000289. The lowest BCUT2D eigenvalue weighted by atomic mass is 10.2. The quantitative estimate of drug-likeness (QED) is 0.372. The number of ether oxygens (including phenoxy) is 1. The number of carbonyl (C=O) groups excluding carboxylic acids is 1. The van der Waals surface area contributed by atoms with Crippen LogP contribution in [0.3, 0.4) is 0 Å². The second-order valence-electron chi connectivity index (χ2n) is 7.20. The van der Waals surface area contributed by atoms with Crippen LogP contribution >= 0.6 is 47.3 Å². The van der Waals surface area contributed by atoms with Crippen molar-refractivity contribution in [3.8, 4) is 0 Å². The lowest BCUT2D eigenvalue weighted by Gasteiger charge is -2.29. The fraction of sp³-hybridized carbons (Fsp3) is 0.391. The summed E-state index contributed by atoms with van der Waals surface area (Å²) in [6.45, 7) is 6.87. The minimum absolute atomic E-state index is 0. The zero-order chi connectivity index (χ0) is 21.6. The molecule has 4 rings (SSSR count). The Morgan fingerprint density at radius 3 is 2.56 bits per heavy atom. The number of thiazole rings is 1. The van der Waals surface area contributed by atoms with Crippen molar-refractivity contribution in [1.82, 2.24) is 9.88 Å². The van der Waals surface area contributed by atoms with Crippen LogP contribution in [0.5, 0.6) is 0 Å². The molecule has 0 bridgehead atoms. The zero-order valence-corrected chi connectivity index (χ0v) is 21.5. The van der Waals surface area contributed by atoms with Gasteiger partial charge >= 0.3 is 0 Å². The highest BCUT2D eigenvalue weighted by molar-refractivity contribution is 7.99. The number of amides is 1. The number of halogens is 1. The number of anilines is 1. The van der Waals surface area contributed by atoms with Crippen molar-refractivity contribution in [2.75, 3.05) is 56.3 Å². The molecule has 172 valence electrons. The first-order chi connectivity index (χ1) is 15.2. The molecule has 1 aliphatic rings. The molecule has 3 aromatic rings. The molecule has 1 saturated heterocycles. The monoisotopic (exact) mass is 509 g/mol. The predicted molar refractivity (Wildman–Crippen MR) is 140 cm³/mol. The van der Waals surface area contributed by atoms with E-state index in [1.165, 1.54) is 9.79 Å². The SMILES string of the molecule is CCSc1ccc(C(=O)N(CCN2CCOCC2)c2nc3ccc(SC)cc3s2)cc1.Cl. The second kappa shape index (κ2) is 12.3. The molecule has 0 N–H and O–H groups in total. The minimum atomic E-state index is 0. The number of rotatable bonds is 8. The van der Waals surface area contributed by atoms with Crippen molar-refractivity contribution in [3.05, 3.63) is 48.0 Å². The van der Waals surface area contributed by atoms with Gasteiger partial charge in [0.1, 0.15) is 0 Å². The molecule has 1 aromatic heterocycles. The van der Waals surface area contributed by atoms with Crippen LogP contribution in [0, 0.1) is 0 Å². The van der Waals surface area contributed by atoms with Crippen LogP contribution < -0.4 is 4.90 Å². The Bertz CT molecular complexity index is 1020. The topological polar surface area (TPSA) is 45.7 Å². The van der Waals surface area contributed by atoms with Gasteiger partial charge in [-0.3, -0.25) is 14.6 Å². The highest BCUT2D eigenvalue weighted by atomic mass is 35.5. The average Bonchev–Trinajstić information content (AvgIpc) is 3.23. The lowest BCUT2D eigenvalue weighted by Crippen LogP contribution is -2.43.